The molecule has 1 amide bonds. The van der Waals surface area contributed by atoms with Crippen molar-refractivity contribution in [3.05, 3.63) is 59.9 Å². The van der Waals surface area contributed by atoms with Gasteiger partial charge in [0.2, 0.25) is 0 Å². The molecule has 0 saturated heterocycles. The number of carbonyl (C=O) groups is 1. The lowest BCUT2D eigenvalue weighted by atomic mass is 10.2. The monoisotopic (exact) mass is 289 g/mol. The molecule has 0 spiro atoms. The zero-order valence-corrected chi connectivity index (χ0v) is 11.6. The lowest BCUT2D eigenvalue weighted by molar-refractivity contribution is 0.0943. The van der Waals surface area contributed by atoms with E-state index in [1.165, 1.54) is 12.1 Å². The fourth-order valence-corrected chi connectivity index (χ4v) is 1.75. The fraction of sp³-hybridized carbons (Fsp3) is 0.188. The highest BCUT2D eigenvalue weighted by Crippen LogP contribution is 2.16. The number of hydrogen-bond acceptors (Lipinski definition) is 3. The minimum absolute atomic E-state index is 0.0296. The number of rotatable bonds is 6. The molecule has 0 heterocycles. The molecule has 0 aromatic heterocycles. The first-order valence-electron chi connectivity index (χ1n) is 6.50. The molecule has 110 valence electrons. The largest absolute Gasteiger partial charge is 0.497 e. The van der Waals surface area contributed by atoms with Crippen molar-refractivity contribution < 1.29 is 18.7 Å². The standard InChI is InChI=1S/C16H16FNO3/c1-20-12-6-8-13(9-7-12)21-11-10-18-16(19)14-4-2-3-5-15(14)17/h2-9H,10-11H2,1H3,(H,18,19). The molecule has 0 atom stereocenters. The number of amides is 1. The van der Waals surface area contributed by atoms with Gasteiger partial charge in [0.25, 0.3) is 5.91 Å². The van der Waals surface area contributed by atoms with Crippen molar-refractivity contribution in [3.8, 4) is 11.5 Å². The molecular weight excluding hydrogens is 273 g/mol. The predicted molar refractivity (Wildman–Crippen MR) is 77.2 cm³/mol. The number of carbonyl (C=O) groups excluding carboxylic acids is 1. The van der Waals surface area contributed by atoms with Crippen LogP contribution in [0.1, 0.15) is 10.4 Å². The molecule has 0 radical (unpaired) electrons. The minimum Gasteiger partial charge on any atom is -0.497 e. The topological polar surface area (TPSA) is 47.6 Å². The third-order valence-corrected chi connectivity index (χ3v) is 2.83. The van der Waals surface area contributed by atoms with Gasteiger partial charge < -0.3 is 14.8 Å². The second-order valence-electron chi connectivity index (χ2n) is 4.26. The third kappa shape index (κ3) is 4.21. The van der Waals surface area contributed by atoms with Crippen LogP contribution in [0.4, 0.5) is 4.39 Å². The summed E-state index contributed by atoms with van der Waals surface area (Å²) in [6, 6.07) is 13.0. The summed E-state index contributed by atoms with van der Waals surface area (Å²) >= 11 is 0. The molecule has 2 aromatic rings. The van der Waals surface area contributed by atoms with Gasteiger partial charge in [-0.15, -0.1) is 0 Å². The Labute approximate surface area is 122 Å². The van der Waals surface area contributed by atoms with Crippen LogP contribution in [0.3, 0.4) is 0 Å². The van der Waals surface area contributed by atoms with Gasteiger partial charge in [0, 0.05) is 0 Å². The average Bonchev–Trinajstić information content (AvgIpc) is 2.52. The third-order valence-electron chi connectivity index (χ3n) is 2.83. The maximum Gasteiger partial charge on any atom is 0.254 e. The predicted octanol–water partition coefficient (Wildman–Crippen LogP) is 2.64. The molecule has 0 bridgehead atoms. The second kappa shape index (κ2) is 7.28. The van der Waals surface area contributed by atoms with Gasteiger partial charge in [-0.1, -0.05) is 12.1 Å². The number of halogens is 1. The Morgan fingerprint density at radius 3 is 2.43 bits per heavy atom. The Balaban J connectivity index is 1.76. The molecule has 2 rings (SSSR count). The fourth-order valence-electron chi connectivity index (χ4n) is 1.75. The lowest BCUT2D eigenvalue weighted by Gasteiger charge is -2.08. The first kappa shape index (κ1) is 14.8. The van der Waals surface area contributed by atoms with Crippen LogP contribution in [-0.4, -0.2) is 26.2 Å². The van der Waals surface area contributed by atoms with Crippen molar-refractivity contribution >= 4 is 5.91 Å². The van der Waals surface area contributed by atoms with Gasteiger partial charge in [-0.25, -0.2) is 4.39 Å². The van der Waals surface area contributed by atoms with E-state index in [0.717, 1.165) is 5.75 Å². The first-order valence-corrected chi connectivity index (χ1v) is 6.50. The molecule has 5 heteroatoms. The molecule has 0 saturated carbocycles. The van der Waals surface area contributed by atoms with E-state index >= 15 is 0 Å². The van der Waals surface area contributed by atoms with Crippen molar-refractivity contribution in [1.82, 2.24) is 5.32 Å². The van der Waals surface area contributed by atoms with Crippen LogP contribution in [0, 0.1) is 5.82 Å². The summed E-state index contributed by atoms with van der Waals surface area (Å²) in [6.07, 6.45) is 0. The summed E-state index contributed by atoms with van der Waals surface area (Å²) in [5, 5.41) is 2.60. The van der Waals surface area contributed by atoms with Crippen molar-refractivity contribution in [3.63, 3.8) is 0 Å². The van der Waals surface area contributed by atoms with Gasteiger partial charge in [-0.05, 0) is 36.4 Å². The van der Waals surface area contributed by atoms with E-state index in [1.54, 1.807) is 43.5 Å². The second-order valence-corrected chi connectivity index (χ2v) is 4.26. The smallest absolute Gasteiger partial charge is 0.254 e. The Hall–Kier alpha value is -2.56. The van der Waals surface area contributed by atoms with Crippen molar-refractivity contribution in [1.29, 1.82) is 0 Å². The van der Waals surface area contributed by atoms with Crippen molar-refractivity contribution in [2.24, 2.45) is 0 Å². The van der Waals surface area contributed by atoms with Crippen LogP contribution in [0.5, 0.6) is 11.5 Å². The summed E-state index contributed by atoms with van der Waals surface area (Å²) in [4.78, 5) is 11.7. The Bertz CT molecular complexity index is 599. The van der Waals surface area contributed by atoms with Crippen LogP contribution in [-0.2, 0) is 0 Å². The number of benzene rings is 2. The van der Waals surface area contributed by atoms with Gasteiger partial charge in [-0.2, -0.15) is 0 Å². The summed E-state index contributed by atoms with van der Waals surface area (Å²) in [7, 11) is 1.59. The van der Waals surface area contributed by atoms with Gasteiger partial charge in [0.15, 0.2) is 0 Å². The molecule has 0 aliphatic heterocycles. The Kier molecular flexibility index (Phi) is 5.15. The van der Waals surface area contributed by atoms with Crippen LogP contribution in [0.25, 0.3) is 0 Å². The highest BCUT2D eigenvalue weighted by atomic mass is 19.1. The first-order chi connectivity index (χ1) is 10.2. The van der Waals surface area contributed by atoms with E-state index < -0.39 is 11.7 Å². The molecule has 2 aromatic carbocycles. The van der Waals surface area contributed by atoms with E-state index in [2.05, 4.69) is 5.32 Å². The maximum absolute atomic E-state index is 13.4. The SMILES string of the molecule is COc1ccc(OCCNC(=O)c2ccccc2F)cc1. The molecular formula is C16H16FNO3. The van der Waals surface area contributed by atoms with Crippen LogP contribution in [0.2, 0.25) is 0 Å². The number of ether oxygens (including phenoxy) is 2. The number of methoxy groups -OCH3 is 1. The zero-order chi connectivity index (χ0) is 15.1. The van der Waals surface area contributed by atoms with Crippen LogP contribution in [0.15, 0.2) is 48.5 Å². The molecule has 4 nitrogen and oxygen atoms in total. The van der Waals surface area contributed by atoms with Gasteiger partial charge >= 0.3 is 0 Å². The quantitative estimate of drug-likeness (QED) is 0.832. The summed E-state index contributed by atoms with van der Waals surface area (Å²) in [6.45, 7) is 0.589. The minimum atomic E-state index is -0.536. The lowest BCUT2D eigenvalue weighted by Crippen LogP contribution is -2.28. The van der Waals surface area contributed by atoms with E-state index in [0.29, 0.717) is 18.9 Å². The normalized spacial score (nSPS) is 10.0. The molecule has 0 fully saturated rings. The molecule has 1 N–H and O–H groups in total. The Morgan fingerprint density at radius 1 is 1.10 bits per heavy atom. The van der Waals surface area contributed by atoms with Gasteiger partial charge in [-0.3, -0.25) is 4.79 Å². The van der Waals surface area contributed by atoms with Crippen molar-refractivity contribution in [2.75, 3.05) is 20.3 Å². The van der Waals surface area contributed by atoms with E-state index in [9.17, 15) is 9.18 Å². The molecule has 0 aliphatic rings. The van der Waals surface area contributed by atoms with Crippen LogP contribution >= 0.6 is 0 Å². The van der Waals surface area contributed by atoms with Gasteiger partial charge in [0.05, 0.1) is 19.2 Å². The summed E-state index contributed by atoms with van der Waals surface area (Å²) < 4.78 is 23.9. The maximum atomic E-state index is 13.4. The Morgan fingerprint density at radius 2 is 1.76 bits per heavy atom. The van der Waals surface area contributed by atoms with E-state index in [4.69, 9.17) is 9.47 Å². The van der Waals surface area contributed by atoms with Gasteiger partial charge in [0.1, 0.15) is 23.9 Å². The van der Waals surface area contributed by atoms with Crippen LogP contribution < -0.4 is 14.8 Å². The summed E-state index contributed by atoms with van der Waals surface area (Å²) in [5.41, 5.74) is 0.0296. The molecule has 0 unspecified atom stereocenters. The highest BCUT2D eigenvalue weighted by molar-refractivity contribution is 5.94. The average molecular weight is 289 g/mol. The molecule has 21 heavy (non-hydrogen) atoms. The van der Waals surface area contributed by atoms with E-state index in [1.807, 2.05) is 0 Å². The number of hydrogen-bond donors (Lipinski definition) is 1. The zero-order valence-electron chi connectivity index (χ0n) is 11.6. The summed E-state index contributed by atoms with van der Waals surface area (Å²) in [5.74, 6) is 0.434. The molecule has 0 aliphatic carbocycles. The number of nitrogens with one attached hydrogen (secondary N) is 1. The highest BCUT2D eigenvalue weighted by Gasteiger charge is 2.09. The van der Waals surface area contributed by atoms with E-state index in [-0.39, 0.29) is 5.56 Å². The van der Waals surface area contributed by atoms with Crippen molar-refractivity contribution in [2.45, 2.75) is 0 Å².